The maximum Gasteiger partial charge on any atom is 0.310 e. The Morgan fingerprint density at radius 2 is 2.04 bits per heavy atom. The molecule has 1 aromatic rings. The topological polar surface area (TPSA) is 53.9 Å². The lowest BCUT2D eigenvalue weighted by molar-refractivity contribution is -0.144. The van der Waals surface area contributed by atoms with Gasteiger partial charge >= 0.3 is 5.97 Å². The minimum Gasteiger partial charge on any atom is -0.469 e. The van der Waals surface area contributed by atoms with E-state index in [4.69, 9.17) is 4.74 Å². The summed E-state index contributed by atoms with van der Waals surface area (Å²) in [5, 5.41) is 3.26. The van der Waals surface area contributed by atoms with Crippen molar-refractivity contribution < 1.29 is 9.53 Å². The fourth-order valence-corrected chi connectivity index (χ4v) is 2.09. The molecular formula is C17H28IN3O2. The van der Waals surface area contributed by atoms with Crippen molar-refractivity contribution in [2.45, 2.75) is 27.3 Å². The first-order valence-electron chi connectivity index (χ1n) is 7.61. The molecule has 0 aliphatic rings. The number of methoxy groups -OCH3 is 1. The molecule has 0 heterocycles. The Bertz CT molecular complexity index is 520. The van der Waals surface area contributed by atoms with E-state index in [0.717, 1.165) is 19.0 Å². The summed E-state index contributed by atoms with van der Waals surface area (Å²) in [5.41, 5.74) is 2.52. The molecule has 1 unspecified atom stereocenters. The van der Waals surface area contributed by atoms with E-state index in [0.29, 0.717) is 6.54 Å². The highest BCUT2D eigenvalue weighted by atomic mass is 127. The van der Waals surface area contributed by atoms with Gasteiger partial charge in [0.2, 0.25) is 0 Å². The van der Waals surface area contributed by atoms with E-state index in [2.05, 4.69) is 34.3 Å². The van der Waals surface area contributed by atoms with Gasteiger partial charge in [-0.3, -0.25) is 9.79 Å². The fourth-order valence-electron chi connectivity index (χ4n) is 2.09. The SMILES string of the molecule is CCNC(=NCC(C)C(=O)OC)N(C)Cc1ccccc1C.I. The monoisotopic (exact) mass is 433 g/mol. The third-order valence-electron chi connectivity index (χ3n) is 3.48. The van der Waals surface area contributed by atoms with Crippen molar-refractivity contribution in [3.05, 3.63) is 35.4 Å². The molecule has 1 rings (SSSR count). The van der Waals surface area contributed by atoms with E-state index in [1.165, 1.54) is 18.2 Å². The van der Waals surface area contributed by atoms with Gasteiger partial charge in [-0.05, 0) is 25.0 Å². The molecule has 5 nitrogen and oxygen atoms in total. The van der Waals surface area contributed by atoms with Gasteiger partial charge in [-0.15, -0.1) is 24.0 Å². The molecule has 0 spiro atoms. The van der Waals surface area contributed by atoms with Crippen LogP contribution in [0, 0.1) is 12.8 Å². The maximum atomic E-state index is 11.5. The molecule has 0 saturated carbocycles. The van der Waals surface area contributed by atoms with Gasteiger partial charge in [0.25, 0.3) is 0 Å². The molecule has 6 heteroatoms. The Morgan fingerprint density at radius 3 is 2.61 bits per heavy atom. The normalized spacial score (nSPS) is 12.1. The lowest BCUT2D eigenvalue weighted by atomic mass is 10.1. The molecule has 0 bridgehead atoms. The minimum atomic E-state index is -0.245. The first kappa shape index (κ1) is 21.7. The smallest absolute Gasteiger partial charge is 0.310 e. The van der Waals surface area contributed by atoms with Gasteiger partial charge in [-0.2, -0.15) is 0 Å². The molecule has 0 amide bonds. The quantitative estimate of drug-likeness (QED) is 0.325. The van der Waals surface area contributed by atoms with Crippen LogP contribution in [0.2, 0.25) is 0 Å². The van der Waals surface area contributed by atoms with Gasteiger partial charge < -0.3 is 15.0 Å². The standard InChI is InChI=1S/C17H27N3O2.HI/c1-6-18-17(19-11-14(3)16(21)22-5)20(4)12-15-10-8-7-9-13(15)2;/h7-10,14H,6,11-12H2,1-5H3,(H,18,19);1H. The molecule has 1 N–H and O–H groups in total. The van der Waals surface area contributed by atoms with Crippen molar-refractivity contribution in [3.63, 3.8) is 0 Å². The summed E-state index contributed by atoms with van der Waals surface area (Å²) in [7, 11) is 3.40. The summed E-state index contributed by atoms with van der Waals surface area (Å²) in [6.45, 7) is 7.91. The summed E-state index contributed by atoms with van der Waals surface area (Å²) >= 11 is 0. The molecule has 23 heavy (non-hydrogen) atoms. The number of guanidine groups is 1. The third kappa shape index (κ3) is 7.20. The zero-order valence-electron chi connectivity index (χ0n) is 14.6. The van der Waals surface area contributed by atoms with Crippen LogP contribution in [0.4, 0.5) is 0 Å². The average Bonchev–Trinajstić information content (AvgIpc) is 2.52. The molecular weight excluding hydrogens is 405 g/mol. The van der Waals surface area contributed by atoms with Crippen LogP contribution in [0.5, 0.6) is 0 Å². The number of aliphatic imine (C=N–C) groups is 1. The molecule has 0 fully saturated rings. The number of rotatable bonds is 6. The van der Waals surface area contributed by atoms with Crippen LogP contribution in [0.3, 0.4) is 0 Å². The summed E-state index contributed by atoms with van der Waals surface area (Å²) in [5.74, 6) is 0.313. The van der Waals surface area contributed by atoms with Gasteiger partial charge in [0.05, 0.1) is 19.6 Å². The van der Waals surface area contributed by atoms with E-state index < -0.39 is 0 Å². The first-order valence-corrected chi connectivity index (χ1v) is 7.61. The predicted octanol–water partition coefficient (Wildman–Crippen LogP) is 2.82. The van der Waals surface area contributed by atoms with Crippen molar-refractivity contribution in [3.8, 4) is 0 Å². The number of aryl methyl sites for hydroxylation is 1. The Kier molecular flexibility index (Phi) is 10.6. The lowest BCUT2D eigenvalue weighted by Crippen LogP contribution is -2.39. The molecule has 1 atom stereocenters. The molecule has 0 aromatic heterocycles. The fraction of sp³-hybridized carbons (Fsp3) is 0.529. The van der Waals surface area contributed by atoms with E-state index in [1.807, 2.05) is 33.0 Å². The predicted molar refractivity (Wildman–Crippen MR) is 105 cm³/mol. The zero-order chi connectivity index (χ0) is 16.5. The third-order valence-corrected chi connectivity index (χ3v) is 3.48. The van der Waals surface area contributed by atoms with Crippen LogP contribution >= 0.6 is 24.0 Å². The van der Waals surface area contributed by atoms with Gasteiger partial charge in [-0.1, -0.05) is 31.2 Å². The van der Waals surface area contributed by atoms with Crippen LogP contribution in [-0.2, 0) is 16.1 Å². The number of carbonyl (C=O) groups excluding carboxylic acids is 1. The molecule has 0 saturated heterocycles. The van der Waals surface area contributed by atoms with Crippen LogP contribution in [-0.4, -0.2) is 44.1 Å². The Hall–Kier alpha value is -1.31. The van der Waals surface area contributed by atoms with Crippen molar-refractivity contribution >= 4 is 35.9 Å². The maximum absolute atomic E-state index is 11.5. The minimum absolute atomic E-state index is 0. The molecule has 0 aliphatic carbocycles. The Morgan fingerprint density at radius 1 is 1.39 bits per heavy atom. The number of nitrogens with one attached hydrogen (secondary N) is 1. The number of hydrogen-bond donors (Lipinski definition) is 1. The number of carbonyl (C=O) groups is 1. The molecule has 130 valence electrons. The molecule has 1 aromatic carbocycles. The number of ether oxygens (including phenoxy) is 1. The summed E-state index contributed by atoms with van der Waals surface area (Å²) < 4.78 is 4.73. The van der Waals surface area contributed by atoms with Gasteiger partial charge in [0, 0.05) is 20.1 Å². The van der Waals surface area contributed by atoms with E-state index in [-0.39, 0.29) is 35.9 Å². The van der Waals surface area contributed by atoms with Crippen LogP contribution < -0.4 is 5.32 Å². The molecule has 0 radical (unpaired) electrons. The highest BCUT2D eigenvalue weighted by Crippen LogP contribution is 2.10. The number of halogens is 1. The summed E-state index contributed by atoms with van der Waals surface area (Å²) in [4.78, 5) is 18.1. The second-order valence-corrected chi connectivity index (χ2v) is 5.40. The number of nitrogens with zero attached hydrogens (tertiary/aromatic N) is 2. The second-order valence-electron chi connectivity index (χ2n) is 5.40. The van der Waals surface area contributed by atoms with Crippen molar-refractivity contribution in [2.75, 3.05) is 27.2 Å². The van der Waals surface area contributed by atoms with E-state index in [1.54, 1.807) is 0 Å². The summed E-state index contributed by atoms with van der Waals surface area (Å²) in [6, 6.07) is 8.30. The average molecular weight is 433 g/mol. The van der Waals surface area contributed by atoms with Gasteiger partial charge in [0.15, 0.2) is 5.96 Å². The van der Waals surface area contributed by atoms with E-state index in [9.17, 15) is 4.79 Å². The Labute approximate surface area is 156 Å². The number of hydrogen-bond acceptors (Lipinski definition) is 3. The molecule has 0 aliphatic heterocycles. The largest absolute Gasteiger partial charge is 0.469 e. The number of esters is 1. The first-order chi connectivity index (χ1) is 10.5. The van der Waals surface area contributed by atoms with Crippen molar-refractivity contribution in [1.82, 2.24) is 10.2 Å². The van der Waals surface area contributed by atoms with Crippen molar-refractivity contribution in [2.24, 2.45) is 10.9 Å². The lowest BCUT2D eigenvalue weighted by Gasteiger charge is -2.23. The van der Waals surface area contributed by atoms with Crippen molar-refractivity contribution in [1.29, 1.82) is 0 Å². The van der Waals surface area contributed by atoms with Crippen LogP contribution in [0.25, 0.3) is 0 Å². The Balaban J connectivity index is 0.00000484. The number of benzene rings is 1. The van der Waals surface area contributed by atoms with Crippen LogP contribution in [0.15, 0.2) is 29.3 Å². The van der Waals surface area contributed by atoms with Gasteiger partial charge in [0.1, 0.15) is 0 Å². The van der Waals surface area contributed by atoms with Gasteiger partial charge in [-0.25, -0.2) is 0 Å². The second kappa shape index (κ2) is 11.3. The highest BCUT2D eigenvalue weighted by molar-refractivity contribution is 14.0. The summed E-state index contributed by atoms with van der Waals surface area (Å²) in [6.07, 6.45) is 0. The van der Waals surface area contributed by atoms with Crippen LogP contribution in [0.1, 0.15) is 25.0 Å². The van der Waals surface area contributed by atoms with E-state index >= 15 is 0 Å². The highest BCUT2D eigenvalue weighted by Gasteiger charge is 2.14. The zero-order valence-corrected chi connectivity index (χ0v) is 17.0.